The molecule has 0 unspecified atom stereocenters. The molecule has 1 fully saturated rings. The number of hydrogen-bond acceptors (Lipinski definition) is 6. The number of carbonyl (C=O) groups is 1. The van der Waals surface area contributed by atoms with E-state index in [4.69, 9.17) is 20.9 Å². The van der Waals surface area contributed by atoms with Crippen LogP contribution in [0.2, 0.25) is 5.02 Å². The SMILES string of the molecule is CCOc1ccc(Cl)c(C(=O)N2CCC[C@H]2c2noc(C)n2)n1. The van der Waals surface area contributed by atoms with Crippen LogP contribution in [0.1, 0.15) is 48.0 Å². The van der Waals surface area contributed by atoms with Crippen molar-refractivity contribution >= 4 is 17.5 Å². The van der Waals surface area contributed by atoms with Gasteiger partial charge in [0.05, 0.1) is 17.7 Å². The van der Waals surface area contributed by atoms with E-state index in [0.717, 1.165) is 12.8 Å². The fraction of sp³-hybridized carbons (Fsp3) is 0.467. The van der Waals surface area contributed by atoms with Gasteiger partial charge in [0.2, 0.25) is 11.8 Å². The first-order chi connectivity index (χ1) is 11.1. The minimum atomic E-state index is -0.249. The number of halogens is 1. The van der Waals surface area contributed by atoms with Gasteiger partial charge in [-0.25, -0.2) is 4.98 Å². The average molecular weight is 337 g/mol. The van der Waals surface area contributed by atoms with Crippen molar-refractivity contribution in [3.8, 4) is 5.88 Å². The molecule has 0 N–H and O–H groups in total. The third-order valence-electron chi connectivity index (χ3n) is 3.67. The summed E-state index contributed by atoms with van der Waals surface area (Å²) in [5.41, 5.74) is 0.185. The Hall–Kier alpha value is -2.15. The standard InChI is InChI=1S/C15H17ClN4O3/c1-3-22-12-7-6-10(16)13(18-12)15(21)20-8-4-5-11(20)14-17-9(2)23-19-14/h6-7,11H,3-5,8H2,1-2H3/t11-/m0/s1. The van der Waals surface area contributed by atoms with Crippen LogP contribution < -0.4 is 4.74 Å². The average Bonchev–Trinajstić information content (AvgIpc) is 3.17. The van der Waals surface area contributed by atoms with E-state index < -0.39 is 0 Å². The van der Waals surface area contributed by atoms with Crippen molar-refractivity contribution in [2.24, 2.45) is 0 Å². The summed E-state index contributed by atoms with van der Waals surface area (Å²) in [6.07, 6.45) is 1.65. The number of aromatic nitrogens is 3. The molecule has 0 aromatic carbocycles. The van der Waals surface area contributed by atoms with Crippen LogP contribution in [0.5, 0.6) is 5.88 Å². The van der Waals surface area contributed by atoms with E-state index >= 15 is 0 Å². The van der Waals surface area contributed by atoms with E-state index in [1.54, 1.807) is 24.0 Å². The first kappa shape index (κ1) is 15.7. The molecule has 0 aliphatic carbocycles. The minimum Gasteiger partial charge on any atom is -0.478 e. The smallest absolute Gasteiger partial charge is 0.274 e. The molecule has 2 aromatic rings. The highest BCUT2D eigenvalue weighted by molar-refractivity contribution is 6.33. The second kappa shape index (κ2) is 6.54. The predicted octanol–water partition coefficient (Wildman–Crippen LogP) is 2.80. The zero-order valence-corrected chi connectivity index (χ0v) is 13.7. The predicted molar refractivity (Wildman–Crippen MR) is 82.5 cm³/mol. The maximum absolute atomic E-state index is 12.9. The molecule has 1 amide bonds. The lowest BCUT2D eigenvalue weighted by Crippen LogP contribution is -2.32. The number of pyridine rings is 1. The third-order valence-corrected chi connectivity index (χ3v) is 3.98. The van der Waals surface area contributed by atoms with Crippen molar-refractivity contribution in [2.45, 2.75) is 32.7 Å². The molecule has 0 spiro atoms. The van der Waals surface area contributed by atoms with E-state index in [2.05, 4.69) is 15.1 Å². The van der Waals surface area contributed by atoms with Crippen LogP contribution in [-0.4, -0.2) is 39.1 Å². The Bertz CT molecular complexity index is 718. The van der Waals surface area contributed by atoms with Crippen LogP contribution in [0.4, 0.5) is 0 Å². The number of nitrogens with zero attached hydrogens (tertiary/aromatic N) is 4. The van der Waals surface area contributed by atoms with E-state index in [9.17, 15) is 4.79 Å². The number of carbonyl (C=O) groups excluding carboxylic acids is 1. The van der Waals surface area contributed by atoms with Gasteiger partial charge in [0.25, 0.3) is 5.91 Å². The number of aryl methyl sites for hydroxylation is 1. The van der Waals surface area contributed by atoms with Gasteiger partial charge in [-0.05, 0) is 25.8 Å². The van der Waals surface area contributed by atoms with Gasteiger partial charge in [-0.1, -0.05) is 16.8 Å². The maximum Gasteiger partial charge on any atom is 0.274 e. The highest BCUT2D eigenvalue weighted by atomic mass is 35.5. The molecule has 3 rings (SSSR count). The molecule has 8 heteroatoms. The largest absolute Gasteiger partial charge is 0.478 e. The fourth-order valence-electron chi connectivity index (χ4n) is 2.67. The monoisotopic (exact) mass is 336 g/mol. The molecule has 122 valence electrons. The molecular weight excluding hydrogens is 320 g/mol. The van der Waals surface area contributed by atoms with Crippen LogP contribution in [0, 0.1) is 6.92 Å². The molecular formula is C15H17ClN4O3. The van der Waals surface area contributed by atoms with Gasteiger partial charge in [0.15, 0.2) is 11.5 Å². The Morgan fingerprint density at radius 2 is 2.30 bits per heavy atom. The van der Waals surface area contributed by atoms with Crippen molar-refractivity contribution in [1.29, 1.82) is 0 Å². The normalized spacial score (nSPS) is 17.5. The van der Waals surface area contributed by atoms with E-state index in [1.165, 1.54) is 0 Å². The van der Waals surface area contributed by atoms with Gasteiger partial charge in [-0.3, -0.25) is 4.79 Å². The summed E-state index contributed by atoms with van der Waals surface area (Å²) in [5.74, 6) is 1.13. The Balaban J connectivity index is 1.88. The van der Waals surface area contributed by atoms with Gasteiger partial charge < -0.3 is 14.2 Å². The lowest BCUT2D eigenvalue weighted by molar-refractivity contribution is 0.0721. The summed E-state index contributed by atoms with van der Waals surface area (Å²) in [4.78, 5) is 23.0. The number of hydrogen-bond donors (Lipinski definition) is 0. The summed E-state index contributed by atoms with van der Waals surface area (Å²) in [7, 11) is 0. The fourth-order valence-corrected chi connectivity index (χ4v) is 2.85. The third kappa shape index (κ3) is 3.14. The van der Waals surface area contributed by atoms with Gasteiger partial charge in [-0.15, -0.1) is 0 Å². The molecule has 1 aliphatic rings. The zero-order chi connectivity index (χ0) is 16.4. The number of likely N-dealkylation sites (tertiary alicyclic amines) is 1. The van der Waals surface area contributed by atoms with Crippen molar-refractivity contribution in [2.75, 3.05) is 13.2 Å². The highest BCUT2D eigenvalue weighted by Crippen LogP contribution is 2.32. The molecule has 0 radical (unpaired) electrons. The number of ether oxygens (including phenoxy) is 1. The van der Waals surface area contributed by atoms with Crippen LogP contribution in [0.15, 0.2) is 16.7 Å². The molecule has 1 saturated heterocycles. The van der Waals surface area contributed by atoms with Crippen molar-refractivity contribution in [1.82, 2.24) is 20.0 Å². The first-order valence-electron chi connectivity index (χ1n) is 7.50. The van der Waals surface area contributed by atoms with Crippen molar-refractivity contribution in [3.63, 3.8) is 0 Å². The quantitative estimate of drug-likeness (QED) is 0.854. The second-order valence-electron chi connectivity index (χ2n) is 5.24. The molecule has 1 aliphatic heterocycles. The Labute approximate surface area is 138 Å². The van der Waals surface area contributed by atoms with E-state index in [-0.39, 0.29) is 17.6 Å². The van der Waals surface area contributed by atoms with Crippen LogP contribution in [-0.2, 0) is 0 Å². The van der Waals surface area contributed by atoms with Crippen LogP contribution >= 0.6 is 11.6 Å². The molecule has 7 nitrogen and oxygen atoms in total. The zero-order valence-electron chi connectivity index (χ0n) is 13.0. The van der Waals surface area contributed by atoms with E-state index in [1.807, 2.05) is 6.92 Å². The van der Waals surface area contributed by atoms with Crippen molar-refractivity contribution in [3.05, 3.63) is 34.6 Å². The summed E-state index contributed by atoms with van der Waals surface area (Å²) in [6, 6.07) is 3.05. The lowest BCUT2D eigenvalue weighted by atomic mass is 10.2. The highest BCUT2D eigenvalue weighted by Gasteiger charge is 2.35. The van der Waals surface area contributed by atoms with Gasteiger partial charge >= 0.3 is 0 Å². The molecule has 0 saturated carbocycles. The summed E-state index contributed by atoms with van der Waals surface area (Å²) in [6.45, 7) is 4.65. The maximum atomic E-state index is 12.9. The Kier molecular flexibility index (Phi) is 4.47. The first-order valence-corrected chi connectivity index (χ1v) is 7.88. The van der Waals surface area contributed by atoms with Gasteiger partial charge in [0.1, 0.15) is 0 Å². The number of rotatable bonds is 4. The molecule has 23 heavy (non-hydrogen) atoms. The van der Waals surface area contributed by atoms with Crippen LogP contribution in [0.25, 0.3) is 0 Å². The Morgan fingerprint density at radius 1 is 1.48 bits per heavy atom. The van der Waals surface area contributed by atoms with Crippen LogP contribution in [0.3, 0.4) is 0 Å². The minimum absolute atomic E-state index is 0.185. The molecule has 0 bridgehead atoms. The lowest BCUT2D eigenvalue weighted by Gasteiger charge is -2.22. The Morgan fingerprint density at radius 3 is 3.00 bits per heavy atom. The van der Waals surface area contributed by atoms with Crippen molar-refractivity contribution < 1.29 is 14.1 Å². The topological polar surface area (TPSA) is 81.4 Å². The van der Waals surface area contributed by atoms with Gasteiger partial charge in [0, 0.05) is 19.5 Å². The molecule has 1 atom stereocenters. The molecule has 3 heterocycles. The molecule has 2 aromatic heterocycles. The van der Waals surface area contributed by atoms with E-state index in [0.29, 0.717) is 35.8 Å². The number of amides is 1. The summed E-state index contributed by atoms with van der Waals surface area (Å²) in [5, 5.41) is 4.23. The second-order valence-corrected chi connectivity index (χ2v) is 5.65. The van der Waals surface area contributed by atoms with Gasteiger partial charge in [-0.2, -0.15) is 4.98 Å². The summed E-state index contributed by atoms with van der Waals surface area (Å²) >= 11 is 6.15. The summed E-state index contributed by atoms with van der Waals surface area (Å²) < 4.78 is 10.4.